The number of rotatable bonds is 3. The second-order valence-corrected chi connectivity index (χ2v) is 5.64. The van der Waals surface area contributed by atoms with E-state index < -0.39 is 0 Å². The highest BCUT2D eigenvalue weighted by atomic mass is 79.9. The molecule has 2 aromatic rings. The Labute approximate surface area is 133 Å². The van der Waals surface area contributed by atoms with Crippen molar-refractivity contribution in [1.82, 2.24) is 0 Å². The standard InChI is InChI=1S/C14H10Br2ClNO/c15-8-9-4-1-2-7-12(9)18-14(19)10-5-3-6-11(16)13(10)17/h1-7H,8H2,(H,18,19). The molecule has 0 atom stereocenters. The number of benzene rings is 2. The lowest BCUT2D eigenvalue weighted by Crippen LogP contribution is -2.13. The molecule has 0 saturated carbocycles. The van der Waals surface area contributed by atoms with Gasteiger partial charge in [0.25, 0.3) is 5.91 Å². The summed E-state index contributed by atoms with van der Waals surface area (Å²) in [4.78, 5) is 12.2. The van der Waals surface area contributed by atoms with Gasteiger partial charge in [-0.3, -0.25) is 4.79 Å². The molecule has 0 aliphatic carbocycles. The van der Waals surface area contributed by atoms with Crippen molar-refractivity contribution in [2.75, 3.05) is 5.32 Å². The molecule has 1 N–H and O–H groups in total. The highest BCUT2D eigenvalue weighted by Gasteiger charge is 2.13. The maximum absolute atomic E-state index is 12.2. The average Bonchev–Trinajstić information content (AvgIpc) is 2.42. The molecule has 0 fully saturated rings. The molecule has 0 unspecified atom stereocenters. The molecule has 1 amide bonds. The summed E-state index contributed by atoms with van der Waals surface area (Å²) in [6.45, 7) is 0. The molecule has 19 heavy (non-hydrogen) atoms. The Hall–Kier alpha value is -0.840. The first-order chi connectivity index (χ1) is 9.13. The quantitative estimate of drug-likeness (QED) is 0.697. The highest BCUT2D eigenvalue weighted by Crippen LogP contribution is 2.27. The van der Waals surface area contributed by atoms with Gasteiger partial charge in [0.1, 0.15) is 0 Å². The smallest absolute Gasteiger partial charge is 0.257 e. The molecule has 2 aromatic carbocycles. The van der Waals surface area contributed by atoms with Gasteiger partial charge in [-0.15, -0.1) is 0 Å². The Morgan fingerprint density at radius 2 is 1.89 bits per heavy atom. The van der Waals surface area contributed by atoms with Crippen molar-refractivity contribution in [3.05, 3.63) is 63.1 Å². The number of carbonyl (C=O) groups is 1. The molecule has 0 aliphatic rings. The predicted molar refractivity (Wildman–Crippen MR) is 86.2 cm³/mol. The van der Waals surface area contributed by atoms with Crippen LogP contribution in [0, 0.1) is 0 Å². The van der Waals surface area contributed by atoms with E-state index in [1.807, 2.05) is 24.3 Å². The summed E-state index contributed by atoms with van der Waals surface area (Å²) in [6.07, 6.45) is 0. The lowest BCUT2D eigenvalue weighted by atomic mass is 10.1. The molecule has 2 rings (SSSR count). The molecule has 0 saturated heterocycles. The number of nitrogens with one attached hydrogen (secondary N) is 1. The summed E-state index contributed by atoms with van der Waals surface area (Å²) >= 11 is 12.8. The monoisotopic (exact) mass is 401 g/mol. The van der Waals surface area contributed by atoms with Crippen LogP contribution in [0.2, 0.25) is 5.02 Å². The van der Waals surface area contributed by atoms with Gasteiger partial charge in [-0.1, -0.05) is 51.8 Å². The van der Waals surface area contributed by atoms with Crippen molar-refractivity contribution in [3.63, 3.8) is 0 Å². The maximum Gasteiger partial charge on any atom is 0.257 e. The number of alkyl halides is 1. The van der Waals surface area contributed by atoms with E-state index in [1.54, 1.807) is 18.2 Å². The fourth-order valence-corrected chi connectivity index (χ4v) is 2.69. The predicted octanol–water partition coefficient (Wildman–Crippen LogP) is 5.25. The van der Waals surface area contributed by atoms with Gasteiger partial charge in [0.15, 0.2) is 0 Å². The van der Waals surface area contributed by atoms with E-state index in [0.29, 0.717) is 20.4 Å². The topological polar surface area (TPSA) is 29.1 Å². The van der Waals surface area contributed by atoms with E-state index >= 15 is 0 Å². The third kappa shape index (κ3) is 3.38. The van der Waals surface area contributed by atoms with Crippen molar-refractivity contribution in [2.24, 2.45) is 0 Å². The number of halogens is 3. The Bertz CT molecular complexity index is 616. The van der Waals surface area contributed by atoms with Crippen molar-refractivity contribution in [2.45, 2.75) is 5.33 Å². The first-order valence-electron chi connectivity index (χ1n) is 5.52. The second kappa shape index (κ2) is 6.55. The minimum absolute atomic E-state index is 0.222. The Morgan fingerprint density at radius 3 is 2.63 bits per heavy atom. The summed E-state index contributed by atoms with van der Waals surface area (Å²) in [5.74, 6) is -0.222. The van der Waals surface area contributed by atoms with Gasteiger partial charge in [0.2, 0.25) is 0 Å². The SMILES string of the molecule is O=C(Nc1ccccc1CBr)c1cccc(Br)c1Cl. The molecule has 0 aromatic heterocycles. The first kappa shape index (κ1) is 14.6. The molecule has 0 bridgehead atoms. The van der Waals surface area contributed by atoms with E-state index in [2.05, 4.69) is 37.2 Å². The van der Waals surface area contributed by atoms with Crippen LogP contribution in [0.4, 0.5) is 5.69 Å². The zero-order chi connectivity index (χ0) is 13.8. The molecular formula is C14H10Br2ClNO. The fraction of sp³-hybridized carbons (Fsp3) is 0.0714. The van der Waals surface area contributed by atoms with Crippen LogP contribution in [0.3, 0.4) is 0 Å². The molecule has 98 valence electrons. The Morgan fingerprint density at radius 1 is 1.16 bits per heavy atom. The second-order valence-electron chi connectivity index (χ2n) is 3.85. The van der Waals surface area contributed by atoms with Crippen LogP contribution in [0.1, 0.15) is 15.9 Å². The summed E-state index contributed by atoms with van der Waals surface area (Å²) < 4.78 is 0.704. The van der Waals surface area contributed by atoms with Crippen LogP contribution in [0.15, 0.2) is 46.9 Å². The fourth-order valence-electron chi connectivity index (χ4n) is 1.63. The zero-order valence-corrected chi connectivity index (χ0v) is 13.7. The summed E-state index contributed by atoms with van der Waals surface area (Å²) in [5.41, 5.74) is 2.24. The molecule has 0 aliphatic heterocycles. The van der Waals surface area contributed by atoms with Crippen molar-refractivity contribution in [3.8, 4) is 0 Å². The maximum atomic E-state index is 12.2. The minimum atomic E-state index is -0.222. The molecule has 0 radical (unpaired) electrons. The summed E-state index contributed by atoms with van der Waals surface area (Å²) in [5, 5.41) is 3.96. The number of para-hydroxylation sites is 1. The molecular weight excluding hydrogens is 393 g/mol. The lowest BCUT2D eigenvalue weighted by Gasteiger charge is -2.10. The average molecular weight is 404 g/mol. The zero-order valence-electron chi connectivity index (χ0n) is 9.79. The lowest BCUT2D eigenvalue weighted by molar-refractivity contribution is 0.102. The number of anilines is 1. The van der Waals surface area contributed by atoms with Gasteiger partial charge in [-0.25, -0.2) is 0 Å². The Kier molecular flexibility index (Phi) is 5.02. The molecule has 0 spiro atoms. The third-order valence-electron chi connectivity index (χ3n) is 2.61. The molecule has 0 heterocycles. The van der Waals surface area contributed by atoms with Crippen molar-refractivity contribution >= 4 is 55.1 Å². The Balaban J connectivity index is 2.28. The van der Waals surface area contributed by atoms with Gasteiger partial charge in [0.05, 0.1) is 10.6 Å². The van der Waals surface area contributed by atoms with Gasteiger partial charge in [-0.2, -0.15) is 0 Å². The molecule has 2 nitrogen and oxygen atoms in total. The number of carbonyl (C=O) groups excluding carboxylic acids is 1. The van der Waals surface area contributed by atoms with Gasteiger partial charge in [0, 0.05) is 15.5 Å². The third-order valence-corrected chi connectivity index (χ3v) is 4.51. The first-order valence-corrected chi connectivity index (χ1v) is 7.82. The van der Waals surface area contributed by atoms with E-state index in [9.17, 15) is 4.79 Å². The van der Waals surface area contributed by atoms with Crippen LogP contribution >= 0.6 is 43.5 Å². The number of amides is 1. The van der Waals surface area contributed by atoms with Crippen LogP contribution < -0.4 is 5.32 Å². The summed E-state index contributed by atoms with van der Waals surface area (Å²) in [7, 11) is 0. The highest BCUT2D eigenvalue weighted by molar-refractivity contribution is 9.10. The van der Waals surface area contributed by atoms with Crippen LogP contribution in [0.25, 0.3) is 0 Å². The van der Waals surface area contributed by atoms with Crippen molar-refractivity contribution < 1.29 is 4.79 Å². The van der Waals surface area contributed by atoms with Crippen molar-refractivity contribution in [1.29, 1.82) is 0 Å². The van der Waals surface area contributed by atoms with Crippen LogP contribution in [-0.4, -0.2) is 5.91 Å². The van der Waals surface area contributed by atoms with E-state index in [4.69, 9.17) is 11.6 Å². The normalized spacial score (nSPS) is 10.3. The van der Waals surface area contributed by atoms with E-state index in [0.717, 1.165) is 11.3 Å². The molecule has 5 heteroatoms. The minimum Gasteiger partial charge on any atom is -0.322 e. The largest absolute Gasteiger partial charge is 0.322 e. The van der Waals surface area contributed by atoms with Crippen LogP contribution in [0.5, 0.6) is 0 Å². The van der Waals surface area contributed by atoms with Gasteiger partial charge in [-0.05, 0) is 39.7 Å². The van der Waals surface area contributed by atoms with E-state index in [1.165, 1.54) is 0 Å². The summed E-state index contributed by atoms with van der Waals surface area (Å²) in [6, 6.07) is 12.9. The van der Waals surface area contributed by atoms with Gasteiger partial charge >= 0.3 is 0 Å². The number of hydrogen-bond acceptors (Lipinski definition) is 1. The van der Waals surface area contributed by atoms with Crippen LogP contribution in [-0.2, 0) is 5.33 Å². The number of hydrogen-bond donors (Lipinski definition) is 1. The van der Waals surface area contributed by atoms with E-state index in [-0.39, 0.29) is 5.91 Å². The van der Waals surface area contributed by atoms with Gasteiger partial charge < -0.3 is 5.32 Å².